The first-order valence-electron chi connectivity index (χ1n) is 3.35. The van der Waals surface area contributed by atoms with Gasteiger partial charge in [0.15, 0.2) is 5.15 Å². The van der Waals surface area contributed by atoms with E-state index in [1.54, 1.807) is 0 Å². The summed E-state index contributed by atoms with van der Waals surface area (Å²) in [4.78, 5) is 0. The maximum absolute atomic E-state index is 5.83. The molecule has 1 heterocycles. The molecule has 0 N–H and O–H groups in total. The van der Waals surface area contributed by atoms with Crippen LogP contribution in [0.4, 0.5) is 0 Å². The van der Waals surface area contributed by atoms with Gasteiger partial charge in [-0.3, -0.25) is 0 Å². The van der Waals surface area contributed by atoms with Crippen LogP contribution in [-0.2, 0) is 0 Å². The minimum absolute atomic E-state index is 0.439. The molecule has 60 valence electrons. The van der Waals surface area contributed by atoms with Crippen LogP contribution in [0.2, 0.25) is 5.15 Å². The molecule has 2 nitrogen and oxygen atoms in total. The molecule has 0 saturated carbocycles. The molecule has 1 aromatic heterocycles. The summed E-state index contributed by atoms with van der Waals surface area (Å²) in [5.41, 5.74) is 0. The highest BCUT2D eigenvalue weighted by atomic mass is 79.9. The van der Waals surface area contributed by atoms with Crippen LogP contribution in [0.1, 0.15) is 0 Å². The highest BCUT2D eigenvalue weighted by molar-refractivity contribution is 9.10. The average molecular weight is 243 g/mol. The van der Waals surface area contributed by atoms with E-state index in [0.29, 0.717) is 5.15 Å². The number of fused-ring (bicyclic) bond motifs is 1. The lowest BCUT2D eigenvalue weighted by Gasteiger charge is -1.98. The van der Waals surface area contributed by atoms with Gasteiger partial charge in [0.1, 0.15) is 4.60 Å². The first-order chi connectivity index (χ1) is 5.79. The summed E-state index contributed by atoms with van der Waals surface area (Å²) in [7, 11) is 0. The van der Waals surface area contributed by atoms with E-state index in [4.69, 9.17) is 11.6 Å². The average Bonchev–Trinajstić information content (AvgIpc) is 2.12. The number of halogens is 2. The maximum atomic E-state index is 5.83. The van der Waals surface area contributed by atoms with Crippen molar-refractivity contribution in [3.63, 3.8) is 0 Å². The Morgan fingerprint density at radius 3 is 2.42 bits per heavy atom. The van der Waals surface area contributed by atoms with Crippen LogP contribution in [0.25, 0.3) is 10.8 Å². The van der Waals surface area contributed by atoms with Gasteiger partial charge in [-0.15, -0.1) is 10.2 Å². The molecule has 0 aliphatic heterocycles. The number of aromatic nitrogens is 2. The molecule has 2 aromatic rings. The van der Waals surface area contributed by atoms with Crippen molar-refractivity contribution < 1.29 is 0 Å². The van der Waals surface area contributed by atoms with Crippen LogP contribution < -0.4 is 0 Å². The lowest BCUT2D eigenvalue weighted by atomic mass is 10.2. The standard InChI is InChI=1S/C8H4BrClN2/c9-7-5-3-1-2-4-6(5)8(10)12-11-7/h1-4H. The van der Waals surface area contributed by atoms with E-state index in [1.807, 2.05) is 24.3 Å². The van der Waals surface area contributed by atoms with E-state index in [0.717, 1.165) is 15.4 Å². The van der Waals surface area contributed by atoms with Gasteiger partial charge in [-0.1, -0.05) is 35.9 Å². The van der Waals surface area contributed by atoms with Crippen LogP contribution in [-0.4, -0.2) is 10.2 Å². The molecule has 1 aromatic carbocycles. The van der Waals surface area contributed by atoms with Crippen LogP contribution in [0.15, 0.2) is 28.9 Å². The molecule has 0 amide bonds. The zero-order chi connectivity index (χ0) is 8.55. The van der Waals surface area contributed by atoms with Gasteiger partial charge < -0.3 is 0 Å². The van der Waals surface area contributed by atoms with Crippen LogP contribution in [0, 0.1) is 0 Å². The Bertz CT molecular complexity index is 390. The molecule has 0 saturated heterocycles. The highest BCUT2D eigenvalue weighted by Crippen LogP contribution is 2.25. The molecule has 0 fully saturated rings. The van der Waals surface area contributed by atoms with E-state index in [9.17, 15) is 0 Å². The minimum atomic E-state index is 0.439. The van der Waals surface area contributed by atoms with Gasteiger partial charge in [0.2, 0.25) is 0 Å². The Morgan fingerprint density at radius 1 is 1.08 bits per heavy atom. The lowest BCUT2D eigenvalue weighted by molar-refractivity contribution is 1.03. The highest BCUT2D eigenvalue weighted by Gasteiger charge is 2.03. The summed E-state index contributed by atoms with van der Waals surface area (Å²) in [6.07, 6.45) is 0. The third-order valence-corrected chi connectivity index (χ3v) is 2.46. The topological polar surface area (TPSA) is 25.8 Å². The molecule has 12 heavy (non-hydrogen) atoms. The molecule has 0 aliphatic carbocycles. The quantitative estimate of drug-likeness (QED) is 0.711. The van der Waals surface area contributed by atoms with E-state index >= 15 is 0 Å². The molecule has 0 unspecified atom stereocenters. The molecular formula is C8H4BrClN2. The number of benzene rings is 1. The second-order valence-corrected chi connectivity index (χ2v) is 3.44. The van der Waals surface area contributed by atoms with Gasteiger partial charge in [0.25, 0.3) is 0 Å². The molecule has 0 bridgehead atoms. The number of hydrogen-bond donors (Lipinski definition) is 0. The van der Waals surface area contributed by atoms with Crippen molar-refractivity contribution in [2.45, 2.75) is 0 Å². The molecule has 4 heteroatoms. The first-order valence-corrected chi connectivity index (χ1v) is 4.52. The fourth-order valence-corrected chi connectivity index (χ4v) is 1.67. The Balaban J connectivity index is 2.95. The van der Waals surface area contributed by atoms with Crippen molar-refractivity contribution in [2.75, 3.05) is 0 Å². The Labute approximate surface area is 82.7 Å². The van der Waals surface area contributed by atoms with Crippen molar-refractivity contribution in [3.8, 4) is 0 Å². The van der Waals surface area contributed by atoms with Crippen molar-refractivity contribution in [3.05, 3.63) is 34.0 Å². The zero-order valence-electron chi connectivity index (χ0n) is 5.96. The third-order valence-electron chi connectivity index (χ3n) is 1.60. The molecule has 0 atom stereocenters. The summed E-state index contributed by atoms with van der Waals surface area (Å²) < 4.78 is 0.725. The van der Waals surface area contributed by atoms with Crippen molar-refractivity contribution in [1.82, 2.24) is 10.2 Å². The molecular weight excluding hydrogens is 239 g/mol. The predicted octanol–water partition coefficient (Wildman–Crippen LogP) is 3.05. The number of rotatable bonds is 0. The summed E-state index contributed by atoms with van der Waals surface area (Å²) >= 11 is 9.13. The number of hydrogen-bond acceptors (Lipinski definition) is 2. The van der Waals surface area contributed by atoms with Crippen LogP contribution in [0.5, 0.6) is 0 Å². The molecule has 0 radical (unpaired) electrons. The smallest absolute Gasteiger partial charge is 0.141 e. The summed E-state index contributed by atoms with van der Waals surface area (Å²) in [6.45, 7) is 0. The van der Waals surface area contributed by atoms with Gasteiger partial charge in [0.05, 0.1) is 0 Å². The second kappa shape index (κ2) is 2.99. The SMILES string of the molecule is Clc1nnc(Br)c2ccccc12. The van der Waals surface area contributed by atoms with E-state index in [1.165, 1.54) is 0 Å². The number of nitrogens with zero attached hydrogens (tertiary/aromatic N) is 2. The fourth-order valence-electron chi connectivity index (χ4n) is 1.04. The van der Waals surface area contributed by atoms with Crippen molar-refractivity contribution in [2.24, 2.45) is 0 Å². The lowest BCUT2D eigenvalue weighted by Crippen LogP contribution is -1.85. The van der Waals surface area contributed by atoms with Crippen LogP contribution >= 0.6 is 27.5 Å². The minimum Gasteiger partial charge on any atom is -0.141 e. The Hall–Kier alpha value is -0.670. The van der Waals surface area contributed by atoms with Crippen molar-refractivity contribution >= 4 is 38.3 Å². The fraction of sp³-hybridized carbons (Fsp3) is 0. The van der Waals surface area contributed by atoms with E-state index in [2.05, 4.69) is 26.1 Å². The van der Waals surface area contributed by atoms with Gasteiger partial charge in [-0.25, -0.2) is 0 Å². The second-order valence-electron chi connectivity index (χ2n) is 2.33. The van der Waals surface area contributed by atoms with Gasteiger partial charge in [0, 0.05) is 10.8 Å². The normalized spacial score (nSPS) is 10.5. The molecule has 2 rings (SSSR count). The van der Waals surface area contributed by atoms with Crippen LogP contribution in [0.3, 0.4) is 0 Å². The summed E-state index contributed by atoms with van der Waals surface area (Å²) in [6, 6.07) is 7.71. The summed E-state index contributed by atoms with van der Waals surface area (Å²) in [5, 5.41) is 9.96. The monoisotopic (exact) mass is 242 g/mol. The zero-order valence-corrected chi connectivity index (χ0v) is 8.30. The molecule has 0 spiro atoms. The third kappa shape index (κ3) is 1.19. The Kier molecular flexibility index (Phi) is 1.98. The largest absolute Gasteiger partial charge is 0.159 e. The van der Waals surface area contributed by atoms with Gasteiger partial charge in [-0.05, 0) is 15.9 Å². The first kappa shape index (κ1) is 7.95. The van der Waals surface area contributed by atoms with Crippen molar-refractivity contribution in [1.29, 1.82) is 0 Å². The van der Waals surface area contributed by atoms with E-state index in [-0.39, 0.29) is 0 Å². The molecule has 0 aliphatic rings. The van der Waals surface area contributed by atoms with Gasteiger partial charge in [-0.2, -0.15) is 0 Å². The predicted molar refractivity (Wildman–Crippen MR) is 52.2 cm³/mol. The van der Waals surface area contributed by atoms with Gasteiger partial charge >= 0.3 is 0 Å². The maximum Gasteiger partial charge on any atom is 0.159 e. The Morgan fingerprint density at radius 2 is 1.75 bits per heavy atom. The van der Waals surface area contributed by atoms with E-state index < -0.39 is 0 Å². The summed E-state index contributed by atoms with van der Waals surface area (Å²) in [5.74, 6) is 0.